The lowest BCUT2D eigenvalue weighted by Crippen LogP contribution is -2.30. The molecular weight excluding hydrogens is 364 g/mol. The average molecular weight is 378 g/mol. The summed E-state index contributed by atoms with van der Waals surface area (Å²) in [6, 6.07) is 15.7. The first-order chi connectivity index (χ1) is 13.0. The maximum absolute atomic E-state index is 12.6. The second kappa shape index (κ2) is 6.85. The van der Waals surface area contributed by atoms with E-state index in [1.807, 2.05) is 19.1 Å². The summed E-state index contributed by atoms with van der Waals surface area (Å²) in [7, 11) is 0. The van der Waals surface area contributed by atoms with Crippen molar-refractivity contribution >= 4 is 45.4 Å². The van der Waals surface area contributed by atoms with Crippen LogP contribution in [0.15, 0.2) is 68.8 Å². The zero-order valence-corrected chi connectivity index (χ0v) is 15.2. The summed E-state index contributed by atoms with van der Waals surface area (Å²) < 4.78 is 5.19. The topological polar surface area (TPSA) is 80.0 Å². The minimum atomic E-state index is -0.751. The Bertz CT molecular complexity index is 1150. The minimum Gasteiger partial charge on any atom is -0.422 e. The molecule has 7 heteroatoms. The normalized spacial score (nSPS) is 15.7. The molecule has 0 radical (unpaired) electrons. The molecule has 1 aliphatic heterocycles. The number of fused-ring (bicyclic) bond motifs is 1. The van der Waals surface area contributed by atoms with E-state index in [9.17, 15) is 14.4 Å². The van der Waals surface area contributed by atoms with E-state index in [4.69, 9.17) is 4.42 Å². The number of rotatable bonds is 2. The third-order valence-electron chi connectivity index (χ3n) is 4.13. The Morgan fingerprint density at radius 3 is 2.63 bits per heavy atom. The molecule has 2 aromatic carbocycles. The highest BCUT2D eigenvalue weighted by Gasteiger charge is 2.31. The number of amidine groups is 1. The van der Waals surface area contributed by atoms with Gasteiger partial charge in [0, 0.05) is 5.39 Å². The number of hydrogen-bond donors (Lipinski definition) is 0. The van der Waals surface area contributed by atoms with Gasteiger partial charge < -0.3 is 4.42 Å². The number of carbonyl (C=O) groups excluding carboxylic acids is 2. The van der Waals surface area contributed by atoms with Crippen LogP contribution in [0, 0.1) is 6.92 Å². The largest absolute Gasteiger partial charge is 0.422 e. The number of para-hydroxylation sites is 1. The van der Waals surface area contributed by atoms with E-state index in [0.29, 0.717) is 16.7 Å². The van der Waals surface area contributed by atoms with Crippen LogP contribution in [0.25, 0.3) is 11.0 Å². The molecule has 6 nitrogen and oxygen atoms in total. The minimum absolute atomic E-state index is 0.162. The first kappa shape index (κ1) is 17.2. The Kier molecular flexibility index (Phi) is 4.37. The number of aryl methyl sites for hydroxylation is 1. The number of aliphatic imine (C=N–C) groups is 1. The fourth-order valence-electron chi connectivity index (χ4n) is 2.75. The molecule has 1 aromatic heterocycles. The molecule has 0 unspecified atom stereocenters. The zero-order valence-electron chi connectivity index (χ0n) is 14.3. The molecule has 0 aliphatic carbocycles. The van der Waals surface area contributed by atoms with Gasteiger partial charge in [-0.1, -0.05) is 47.7 Å². The number of anilines is 1. The van der Waals surface area contributed by atoms with Crippen LogP contribution < -0.4 is 10.5 Å². The van der Waals surface area contributed by atoms with Gasteiger partial charge in [-0.3, -0.25) is 14.5 Å². The highest BCUT2D eigenvalue weighted by Crippen LogP contribution is 2.27. The van der Waals surface area contributed by atoms with E-state index < -0.39 is 11.5 Å². The Morgan fingerprint density at radius 1 is 1.11 bits per heavy atom. The van der Waals surface area contributed by atoms with E-state index in [2.05, 4.69) is 4.99 Å². The molecule has 1 aliphatic rings. The van der Waals surface area contributed by atoms with Gasteiger partial charge in [0.1, 0.15) is 11.1 Å². The Hall–Kier alpha value is -3.19. The van der Waals surface area contributed by atoms with Gasteiger partial charge in [-0.15, -0.1) is 0 Å². The molecule has 0 N–H and O–H groups in total. The summed E-state index contributed by atoms with van der Waals surface area (Å²) in [5.74, 6) is -0.712. The smallest absolute Gasteiger partial charge is 0.349 e. The van der Waals surface area contributed by atoms with Crippen molar-refractivity contribution in [1.29, 1.82) is 0 Å². The number of benzene rings is 2. The third kappa shape index (κ3) is 3.29. The summed E-state index contributed by atoms with van der Waals surface area (Å²) in [6.07, 6.45) is 0. The summed E-state index contributed by atoms with van der Waals surface area (Å²) in [5, 5.41) is 0.882. The molecule has 2 heterocycles. The van der Waals surface area contributed by atoms with Crippen molar-refractivity contribution < 1.29 is 14.0 Å². The van der Waals surface area contributed by atoms with Crippen molar-refractivity contribution in [2.45, 2.75) is 6.92 Å². The van der Waals surface area contributed by atoms with Gasteiger partial charge in [0.25, 0.3) is 5.91 Å². The molecule has 0 atom stereocenters. The van der Waals surface area contributed by atoms with Crippen molar-refractivity contribution in [3.05, 3.63) is 76.1 Å². The van der Waals surface area contributed by atoms with Gasteiger partial charge in [0.15, 0.2) is 5.17 Å². The third-order valence-corrected chi connectivity index (χ3v) is 5.05. The number of nitrogens with zero attached hydrogens (tertiary/aromatic N) is 2. The summed E-state index contributed by atoms with van der Waals surface area (Å²) >= 11 is 1.16. The molecule has 4 rings (SSSR count). The molecular formula is C20H14N2O4S. The summed E-state index contributed by atoms with van der Waals surface area (Å²) in [4.78, 5) is 42.4. The van der Waals surface area contributed by atoms with Crippen LogP contribution in [-0.4, -0.2) is 22.7 Å². The molecule has 27 heavy (non-hydrogen) atoms. The lowest BCUT2D eigenvalue weighted by molar-refractivity contribution is -0.115. The van der Waals surface area contributed by atoms with E-state index in [0.717, 1.165) is 17.3 Å². The number of carbonyl (C=O) groups is 2. The highest BCUT2D eigenvalue weighted by atomic mass is 32.2. The van der Waals surface area contributed by atoms with Crippen LogP contribution in [0.1, 0.15) is 15.9 Å². The Labute approximate surface area is 158 Å². The zero-order chi connectivity index (χ0) is 19.0. The molecule has 3 aromatic rings. The summed E-state index contributed by atoms with van der Waals surface area (Å²) in [5.41, 5.74) is 1.18. The van der Waals surface area contributed by atoms with E-state index >= 15 is 0 Å². The molecule has 0 bridgehead atoms. The van der Waals surface area contributed by atoms with Gasteiger partial charge in [-0.2, -0.15) is 4.99 Å². The van der Waals surface area contributed by atoms with Crippen molar-refractivity contribution in [2.75, 3.05) is 10.7 Å². The van der Waals surface area contributed by atoms with Crippen LogP contribution >= 0.6 is 11.8 Å². The fourth-order valence-corrected chi connectivity index (χ4v) is 3.62. The molecule has 0 saturated carbocycles. The quantitative estimate of drug-likeness (QED) is 0.639. The van der Waals surface area contributed by atoms with E-state index in [1.165, 1.54) is 11.0 Å². The second-order valence-electron chi connectivity index (χ2n) is 6.04. The van der Waals surface area contributed by atoms with Gasteiger partial charge in [-0.05, 0) is 31.2 Å². The average Bonchev–Trinajstić information content (AvgIpc) is 3.02. The maximum atomic E-state index is 12.6. The first-order valence-corrected chi connectivity index (χ1v) is 9.20. The summed E-state index contributed by atoms with van der Waals surface area (Å²) in [6.45, 7) is 1.95. The molecule has 134 valence electrons. The number of thioether (sulfide) groups is 1. The molecule has 1 fully saturated rings. The molecule has 1 saturated heterocycles. The number of amides is 2. The SMILES string of the molecule is Cc1ccc(N2C(=O)CSC2=NC(=O)c2cc3ccccc3oc2=O)cc1. The first-order valence-electron chi connectivity index (χ1n) is 8.21. The van der Waals surface area contributed by atoms with Gasteiger partial charge in [0.2, 0.25) is 5.91 Å². The lowest BCUT2D eigenvalue weighted by Gasteiger charge is -2.15. The van der Waals surface area contributed by atoms with Crippen molar-refractivity contribution in [3.63, 3.8) is 0 Å². The van der Waals surface area contributed by atoms with Crippen molar-refractivity contribution in [2.24, 2.45) is 4.99 Å². The second-order valence-corrected chi connectivity index (χ2v) is 6.98. The predicted octanol–water partition coefficient (Wildman–Crippen LogP) is 3.38. The van der Waals surface area contributed by atoms with Crippen LogP contribution in [-0.2, 0) is 4.79 Å². The molecule has 2 amide bonds. The maximum Gasteiger partial charge on any atom is 0.349 e. The van der Waals surface area contributed by atoms with Crippen molar-refractivity contribution in [1.82, 2.24) is 0 Å². The Balaban J connectivity index is 1.72. The predicted molar refractivity (Wildman–Crippen MR) is 105 cm³/mol. The van der Waals surface area contributed by atoms with Gasteiger partial charge in [-0.25, -0.2) is 4.79 Å². The lowest BCUT2D eigenvalue weighted by atomic mass is 10.2. The highest BCUT2D eigenvalue weighted by molar-refractivity contribution is 8.15. The number of hydrogen-bond acceptors (Lipinski definition) is 5. The van der Waals surface area contributed by atoms with Crippen LogP contribution in [0.3, 0.4) is 0 Å². The monoisotopic (exact) mass is 378 g/mol. The van der Waals surface area contributed by atoms with Crippen LogP contribution in [0.2, 0.25) is 0 Å². The Morgan fingerprint density at radius 2 is 1.85 bits per heavy atom. The van der Waals surface area contributed by atoms with E-state index in [1.54, 1.807) is 36.4 Å². The molecule has 0 spiro atoms. The van der Waals surface area contributed by atoms with Crippen LogP contribution in [0.4, 0.5) is 5.69 Å². The fraction of sp³-hybridized carbons (Fsp3) is 0.100. The van der Waals surface area contributed by atoms with Crippen LogP contribution in [0.5, 0.6) is 0 Å². The standard InChI is InChI=1S/C20H14N2O4S/c1-12-6-8-14(9-7-12)22-17(23)11-27-20(22)21-18(24)15-10-13-4-2-3-5-16(13)26-19(15)25/h2-10H,11H2,1H3. The van der Waals surface area contributed by atoms with Gasteiger partial charge >= 0.3 is 5.63 Å². The van der Waals surface area contributed by atoms with E-state index in [-0.39, 0.29) is 22.4 Å². The van der Waals surface area contributed by atoms with Crippen molar-refractivity contribution in [3.8, 4) is 0 Å². The van der Waals surface area contributed by atoms with Gasteiger partial charge in [0.05, 0.1) is 11.4 Å².